The van der Waals surface area contributed by atoms with E-state index in [2.05, 4.69) is 4.90 Å². The number of nitrogens with two attached hydrogens (primary N) is 1. The highest BCUT2D eigenvalue weighted by molar-refractivity contribution is 5.23. The second-order valence-corrected chi connectivity index (χ2v) is 4.64. The van der Waals surface area contributed by atoms with E-state index >= 15 is 0 Å². The summed E-state index contributed by atoms with van der Waals surface area (Å²) < 4.78 is 39.6. The van der Waals surface area contributed by atoms with Crippen LogP contribution in [0.25, 0.3) is 0 Å². The van der Waals surface area contributed by atoms with Crippen molar-refractivity contribution in [2.24, 2.45) is 5.73 Å². The molecule has 2 N–H and O–H groups in total. The molecule has 0 saturated heterocycles. The molecule has 0 bridgehead atoms. The van der Waals surface area contributed by atoms with E-state index in [1.165, 1.54) is 0 Å². The summed E-state index contributed by atoms with van der Waals surface area (Å²) in [5.41, 5.74) is 6.11. The molecule has 0 heterocycles. The maximum atomic E-state index is 13.3. The fourth-order valence-corrected chi connectivity index (χ4v) is 2.30. The Labute approximate surface area is 112 Å². The third kappa shape index (κ3) is 3.48. The molecule has 1 aromatic carbocycles. The van der Waals surface area contributed by atoms with Gasteiger partial charge in [0.1, 0.15) is 0 Å². The number of halogens is 3. The Morgan fingerprint density at radius 1 is 1.16 bits per heavy atom. The summed E-state index contributed by atoms with van der Waals surface area (Å²) in [4.78, 5) is 2.06. The van der Waals surface area contributed by atoms with Crippen LogP contribution in [0.4, 0.5) is 13.2 Å². The summed E-state index contributed by atoms with van der Waals surface area (Å²) >= 11 is 0. The van der Waals surface area contributed by atoms with E-state index in [1.807, 2.05) is 20.8 Å². The zero-order chi connectivity index (χ0) is 14.6. The van der Waals surface area contributed by atoms with Gasteiger partial charge in [-0.05, 0) is 37.6 Å². The van der Waals surface area contributed by atoms with E-state index in [-0.39, 0.29) is 18.6 Å². The lowest BCUT2D eigenvalue weighted by molar-refractivity contribution is 0.151. The lowest BCUT2D eigenvalue weighted by Gasteiger charge is -2.35. The first-order valence-electron chi connectivity index (χ1n) is 6.56. The third-order valence-corrected chi connectivity index (χ3v) is 3.54. The predicted molar refractivity (Wildman–Crippen MR) is 70.2 cm³/mol. The zero-order valence-corrected chi connectivity index (χ0v) is 11.6. The van der Waals surface area contributed by atoms with Gasteiger partial charge in [0, 0.05) is 18.6 Å². The lowest BCUT2D eigenvalue weighted by atomic mass is 10.0. The van der Waals surface area contributed by atoms with Gasteiger partial charge < -0.3 is 5.73 Å². The summed E-state index contributed by atoms with van der Waals surface area (Å²) in [5, 5.41) is 0. The van der Waals surface area contributed by atoms with Crippen molar-refractivity contribution in [3.63, 3.8) is 0 Å². The molecular formula is C14H21F3N2. The average molecular weight is 274 g/mol. The molecule has 2 nitrogen and oxygen atoms in total. The van der Waals surface area contributed by atoms with E-state index in [1.54, 1.807) is 0 Å². The largest absolute Gasteiger partial charge is 0.329 e. The van der Waals surface area contributed by atoms with Crippen LogP contribution >= 0.6 is 0 Å². The summed E-state index contributed by atoms with van der Waals surface area (Å²) in [6, 6.07) is 1.97. The highest BCUT2D eigenvalue weighted by atomic mass is 19.2. The van der Waals surface area contributed by atoms with Crippen molar-refractivity contribution in [1.29, 1.82) is 0 Å². The Hall–Kier alpha value is -1.07. The molecule has 19 heavy (non-hydrogen) atoms. The zero-order valence-electron chi connectivity index (χ0n) is 11.6. The fraction of sp³-hybridized carbons (Fsp3) is 0.571. The van der Waals surface area contributed by atoms with Crippen molar-refractivity contribution >= 4 is 0 Å². The number of benzene rings is 1. The molecule has 0 spiro atoms. The van der Waals surface area contributed by atoms with E-state index in [0.29, 0.717) is 12.1 Å². The van der Waals surface area contributed by atoms with Crippen LogP contribution in [0.5, 0.6) is 0 Å². The molecule has 0 aliphatic carbocycles. The second-order valence-electron chi connectivity index (χ2n) is 4.64. The number of nitrogens with zero attached hydrogens (tertiary/aromatic N) is 1. The standard InChI is InChI=1S/C14H21F3N2/c1-4-9(3)19(5-2)13(8-18)10-6-11(15)14(17)12(16)7-10/h6-7,9,13H,4-5,8,18H2,1-3H3. The van der Waals surface area contributed by atoms with Crippen molar-refractivity contribution in [1.82, 2.24) is 4.90 Å². The van der Waals surface area contributed by atoms with E-state index in [9.17, 15) is 13.2 Å². The Kier molecular flexibility index (Phi) is 5.82. The highest BCUT2D eigenvalue weighted by Crippen LogP contribution is 2.25. The minimum atomic E-state index is -1.44. The van der Waals surface area contributed by atoms with Crippen LogP contribution < -0.4 is 5.73 Å². The molecule has 1 aromatic rings. The van der Waals surface area contributed by atoms with Crippen molar-refractivity contribution in [2.45, 2.75) is 39.3 Å². The van der Waals surface area contributed by atoms with Crippen LogP contribution in [-0.4, -0.2) is 24.0 Å². The van der Waals surface area contributed by atoms with Crippen LogP contribution in [0, 0.1) is 17.5 Å². The maximum Gasteiger partial charge on any atom is 0.194 e. The Balaban J connectivity index is 3.15. The van der Waals surface area contributed by atoms with Gasteiger partial charge in [-0.3, -0.25) is 4.90 Å². The first kappa shape index (κ1) is 16.0. The molecule has 0 fully saturated rings. The van der Waals surface area contributed by atoms with Gasteiger partial charge >= 0.3 is 0 Å². The van der Waals surface area contributed by atoms with Gasteiger partial charge in [0.25, 0.3) is 0 Å². The molecule has 1 rings (SSSR count). The van der Waals surface area contributed by atoms with Crippen LogP contribution in [0.3, 0.4) is 0 Å². The smallest absolute Gasteiger partial charge is 0.194 e. The summed E-state index contributed by atoms with van der Waals surface area (Å²) in [6.07, 6.45) is 0.899. The number of hydrogen-bond donors (Lipinski definition) is 1. The Bertz CT molecular complexity index is 400. The van der Waals surface area contributed by atoms with Gasteiger partial charge in [0.2, 0.25) is 0 Å². The van der Waals surface area contributed by atoms with Gasteiger partial charge in [-0.15, -0.1) is 0 Å². The van der Waals surface area contributed by atoms with Crippen molar-refractivity contribution < 1.29 is 13.2 Å². The minimum Gasteiger partial charge on any atom is -0.329 e. The van der Waals surface area contributed by atoms with E-state index < -0.39 is 17.5 Å². The monoisotopic (exact) mass is 274 g/mol. The number of rotatable bonds is 6. The molecule has 5 heteroatoms. The molecule has 0 saturated carbocycles. The van der Waals surface area contributed by atoms with Crippen LogP contribution in [0.15, 0.2) is 12.1 Å². The molecule has 2 unspecified atom stereocenters. The first-order chi connectivity index (χ1) is 8.96. The predicted octanol–water partition coefficient (Wildman–Crippen LogP) is 3.22. The first-order valence-corrected chi connectivity index (χ1v) is 6.56. The molecule has 0 aliphatic heterocycles. The normalized spacial score (nSPS) is 14.7. The molecule has 0 aromatic heterocycles. The topological polar surface area (TPSA) is 29.3 Å². The number of hydrogen-bond acceptors (Lipinski definition) is 2. The van der Waals surface area contributed by atoms with Crippen molar-refractivity contribution in [2.75, 3.05) is 13.1 Å². The molecular weight excluding hydrogens is 253 g/mol. The van der Waals surface area contributed by atoms with Crippen LogP contribution in [-0.2, 0) is 0 Å². The number of likely N-dealkylation sites (N-methyl/N-ethyl adjacent to an activating group) is 1. The highest BCUT2D eigenvalue weighted by Gasteiger charge is 2.24. The van der Waals surface area contributed by atoms with Crippen molar-refractivity contribution in [3.8, 4) is 0 Å². The van der Waals surface area contributed by atoms with E-state index in [4.69, 9.17) is 5.73 Å². The summed E-state index contributed by atoms with van der Waals surface area (Å²) in [5.74, 6) is -3.78. The van der Waals surface area contributed by atoms with Gasteiger partial charge in [-0.25, -0.2) is 13.2 Å². The molecule has 0 aliphatic rings. The minimum absolute atomic E-state index is 0.225. The van der Waals surface area contributed by atoms with Gasteiger partial charge in [-0.2, -0.15) is 0 Å². The SMILES string of the molecule is CCC(C)N(CC)C(CN)c1cc(F)c(F)c(F)c1. The van der Waals surface area contributed by atoms with Gasteiger partial charge in [-0.1, -0.05) is 13.8 Å². The van der Waals surface area contributed by atoms with Crippen molar-refractivity contribution in [3.05, 3.63) is 35.1 Å². The van der Waals surface area contributed by atoms with Crippen LogP contribution in [0.2, 0.25) is 0 Å². The second kappa shape index (κ2) is 6.91. The summed E-state index contributed by atoms with van der Waals surface area (Å²) in [7, 11) is 0. The molecule has 0 amide bonds. The Morgan fingerprint density at radius 2 is 1.68 bits per heavy atom. The fourth-order valence-electron chi connectivity index (χ4n) is 2.30. The third-order valence-electron chi connectivity index (χ3n) is 3.54. The quantitative estimate of drug-likeness (QED) is 0.807. The van der Waals surface area contributed by atoms with Gasteiger partial charge in [0.05, 0.1) is 0 Å². The maximum absolute atomic E-state index is 13.3. The molecule has 0 radical (unpaired) electrons. The Morgan fingerprint density at radius 3 is 2.05 bits per heavy atom. The summed E-state index contributed by atoms with van der Waals surface area (Å²) in [6.45, 7) is 6.96. The van der Waals surface area contributed by atoms with E-state index in [0.717, 1.165) is 18.6 Å². The average Bonchev–Trinajstić information content (AvgIpc) is 2.40. The molecule has 2 atom stereocenters. The lowest BCUT2D eigenvalue weighted by Crippen LogP contribution is -2.39. The molecule has 108 valence electrons. The van der Waals surface area contributed by atoms with Gasteiger partial charge in [0.15, 0.2) is 17.5 Å². The van der Waals surface area contributed by atoms with Crippen LogP contribution in [0.1, 0.15) is 38.8 Å².